The smallest absolute Gasteiger partial charge is 0.160 e. The molecule has 4 nitrogen and oxygen atoms in total. The van der Waals surface area contributed by atoms with Gasteiger partial charge in [0.05, 0.1) is 0 Å². The Balaban J connectivity index is 2.18. The average molecular weight is 244 g/mol. The van der Waals surface area contributed by atoms with Crippen LogP contribution in [-0.4, -0.2) is 20.6 Å². The van der Waals surface area contributed by atoms with Gasteiger partial charge in [0, 0.05) is 24.2 Å². The summed E-state index contributed by atoms with van der Waals surface area (Å²) in [6.07, 6.45) is 5.30. The molecule has 2 heterocycles. The molecular formula is C14H20N4. The van der Waals surface area contributed by atoms with Crippen molar-refractivity contribution in [3.05, 3.63) is 24.2 Å². The molecule has 18 heavy (non-hydrogen) atoms. The maximum absolute atomic E-state index is 6.23. The highest BCUT2D eigenvalue weighted by atomic mass is 15.2. The second-order valence-corrected chi connectivity index (χ2v) is 5.48. The molecule has 0 spiro atoms. The van der Waals surface area contributed by atoms with E-state index in [2.05, 4.69) is 23.4 Å². The van der Waals surface area contributed by atoms with E-state index >= 15 is 0 Å². The van der Waals surface area contributed by atoms with E-state index in [9.17, 15) is 0 Å². The minimum absolute atomic E-state index is 0.249. The molecule has 2 unspecified atom stereocenters. The van der Waals surface area contributed by atoms with Gasteiger partial charge in [-0.25, -0.2) is 9.97 Å². The van der Waals surface area contributed by atoms with E-state index in [1.165, 1.54) is 6.42 Å². The van der Waals surface area contributed by atoms with Crippen LogP contribution in [0.3, 0.4) is 0 Å². The van der Waals surface area contributed by atoms with Gasteiger partial charge in [-0.3, -0.25) is 0 Å². The van der Waals surface area contributed by atoms with E-state index in [1.807, 2.05) is 18.3 Å². The largest absolute Gasteiger partial charge is 0.327 e. The molecule has 0 saturated heterocycles. The molecule has 0 amide bonds. The first-order chi connectivity index (χ1) is 8.68. The van der Waals surface area contributed by atoms with Crippen molar-refractivity contribution in [1.29, 1.82) is 0 Å². The third-order valence-electron chi connectivity index (χ3n) is 3.89. The van der Waals surface area contributed by atoms with Gasteiger partial charge in [0.15, 0.2) is 5.65 Å². The maximum Gasteiger partial charge on any atom is 0.160 e. The number of hydrogen-bond donors (Lipinski definition) is 1. The van der Waals surface area contributed by atoms with Gasteiger partial charge in [-0.1, -0.05) is 6.42 Å². The highest BCUT2D eigenvalue weighted by Gasteiger charge is 2.30. The predicted molar refractivity (Wildman–Crippen MR) is 72.5 cm³/mol. The van der Waals surface area contributed by atoms with Crippen LogP contribution in [0.15, 0.2) is 18.3 Å². The average Bonchev–Trinajstić information content (AvgIpc) is 2.91. The van der Waals surface area contributed by atoms with Crippen LogP contribution in [0.5, 0.6) is 0 Å². The van der Waals surface area contributed by atoms with E-state index in [0.29, 0.717) is 12.0 Å². The summed E-state index contributed by atoms with van der Waals surface area (Å²) in [5.74, 6) is 1.52. The summed E-state index contributed by atoms with van der Waals surface area (Å²) < 4.78 is 2.26. The van der Waals surface area contributed by atoms with Crippen molar-refractivity contribution in [2.45, 2.75) is 51.1 Å². The van der Waals surface area contributed by atoms with Crippen LogP contribution in [0.4, 0.5) is 0 Å². The summed E-state index contributed by atoms with van der Waals surface area (Å²) in [5.41, 5.74) is 8.20. The monoisotopic (exact) mass is 244 g/mol. The van der Waals surface area contributed by atoms with Crippen LogP contribution in [0.2, 0.25) is 0 Å². The molecule has 1 aliphatic carbocycles. The third-order valence-corrected chi connectivity index (χ3v) is 3.89. The van der Waals surface area contributed by atoms with E-state index in [1.54, 1.807) is 0 Å². The molecule has 96 valence electrons. The maximum atomic E-state index is 6.23. The first kappa shape index (κ1) is 11.7. The van der Waals surface area contributed by atoms with Crippen molar-refractivity contribution in [3.63, 3.8) is 0 Å². The molecule has 2 N–H and O–H groups in total. The van der Waals surface area contributed by atoms with Crippen LogP contribution >= 0.6 is 0 Å². The van der Waals surface area contributed by atoms with Crippen LogP contribution in [-0.2, 0) is 0 Å². The third kappa shape index (κ3) is 1.72. The Kier molecular flexibility index (Phi) is 2.82. The molecule has 0 aliphatic heterocycles. The van der Waals surface area contributed by atoms with Gasteiger partial charge in [-0.15, -0.1) is 0 Å². The normalized spacial score (nSPS) is 24.2. The van der Waals surface area contributed by atoms with E-state index in [4.69, 9.17) is 10.7 Å². The lowest BCUT2D eigenvalue weighted by Gasteiger charge is -2.19. The van der Waals surface area contributed by atoms with E-state index in [0.717, 1.165) is 29.8 Å². The summed E-state index contributed by atoms with van der Waals surface area (Å²) in [6, 6.07) is 4.59. The number of nitrogens with zero attached hydrogens (tertiary/aromatic N) is 3. The summed E-state index contributed by atoms with van der Waals surface area (Å²) in [6.45, 7) is 4.36. The Morgan fingerprint density at radius 3 is 2.89 bits per heavy atom. The number of aromatic nitrogens is 3. The minimum Gasteiger partial charge on any atom is -0.327 e. The molecule has 0 aromatic carbocycles. The van der Waals surface area contributed by atoms with Gasteiger partial charge in [0.1, 0.15) is 11.3 Å². The molecular weight excluding hydrogens is 224 g/mol. The number of fused-ring (bicyclic) bond motifs is 1. The Bertz CT molecular complexity index is 558. The summed E-state index contributed by atoms with van der Waals surface area (Å²) >= 11 is 0. The lowest BCUT2D eigenvalue weighted by Crippen LogP contribution is -2.25. The molecule has 0 bridgehead atoms. The molecule has 2 aromatic heterocycles. The lowest BCUT2D eigenvalue weighted by atomic mass is 10.0. The van der Waals surface area contributed by atoms with Crippen molar-refractivity contribution >= 4 is 11.2 Å². The van der Waals surface area contributed by atoms with E-state index < -0.39 is 0 Å². The van der Waals surface area contributed by atoms with Crippen LogP contribution in [0.1, 0.15) is 50.9 Å². The zero-order chi connectivity index (χ0) is 12.7. The van der Waals surface area contributed by atoms with Crippen molar-refractivity contribution in [2.75, 3.05) is 0 Å². The predicted octanol–water partition coefficient (Wildman–Crippen LogP) is 2.61. The number of hydrogen-bond acceptors (Lipinski definition) is 3. The number of imidazole rings is 1. The fourth-order valence-corrected chi connectivity index (χ4v) is 3.03. The summed E-state index contributed by atoms with van der Waals surface area (Å²) in [7, 11) is 0. The molecule has 1 fully saturated rings. The standard InChI is InChI=1S/C14H20N4/c1-9(2)18-13(10-5-3-6-11(10)15)17-12-7-4-8-16-14(12)18/h4,7-11H,3,5-6,15H2,1-2H3. The lowest BCUT2D eigenvalue weighted by molar-refractivity contribution is 0.508. The number of nitrogens with two attached hydrogens (primary N) is 1. The van der Waals surface area contributed by atoms with Crippen molar-refractivity contribution in [2.24, 2.45) is 5.73 Å². The fraction of sp³-hybridized carbons (Fsp3) is 0.571. The fourth-order valence-electron chi connectivity index (χ4n) is 3.03. The summed E-state index contributed by atoms with van der Waals surface area (Å²) in [5, 5.41) is 0. The first-order valence-corrected chi connectivity index (χ1v) is 6.77. The Morgan fingerprint density at radius 2 is 2.22 bits per heavy atom. The number of pyridine rings is 1. The highest BCUT2D eigenvalue weighted by molar-refractivity contribution is 5.71. The van der Waals surface area contributed by atoms with Gasteiger partial charge in [-0.2, -0.15) is 0 Å². The van der Waals surface area contributed by atoms with E-state index in [-0.39, 0.29) is 6.04 Å². The van der Waals surface area contributed by atoms with Crippen molar-refractivity contribution in [1.82, 2.24) is 14.5 Å². The Labute approximate surface area is 107 Å². The molecule has 4 heteroatoms. The second-order valence-electron chi connectivity index (χ2n) is 5.48. The number of rotatable bonds is 2. The van der Waals surface area contributed by atoms with Crippen LogP contribution in [0, 0.1) is 0 Å². The van der Waals surface area contributed by atoms with Gasteiger partial charge in [0.25, 0.3) is 0 Å². The molecule has 1 saturated carbocycles. The van der Waals surface area contributed by atoms with Crippen molar-refractivity contribution < 1.29 is 0 Å². The molecule has 0 radical (unpaired) electrons. The first-order valence-electron chi connectivity index (χ1n) is 6.77. The molecule has 2 aromatic rings. The van der Waals surface area contributed by atoms with Crippen molar-refractivity contribution in [3.8, 4) is 0 Å². The van der Waals surface area contributed by atoms with Gasteiger partial charge < -0.3 is 10.3 Å². The second kappa shape index (κ2) is 4.35. The zero-order valence-electron chi connectivity index (χ0n) is 11.0. The Morgan fingerprint density at radius 1 is 1.39 bits per heavy atom. The zero-order valence-corrected chi connectivity index (χ0v) is 11.0. The highest BCUT2D eigenvalue weighted by Crippen LogP contribution is 2.35. The topological polar surface area (TPSA) is 56.7 Å². The van der Waals surface area contributed by atoms with Crippen LogP contribution in [0.25, 0.3) is 11.2 Å². The molecule has 1 aliphatic rings. The van der Waals surface area contributed by atoms with Gasteiger partial charge in [0.2, 0.25) is 0 Å². The van der Waals surface area contributed by atoms with Gasteiger partial charge in [-0.05, 0) is 38.8 Å². The van der Waals surface area contributed by atoms with Gasteiger partial charge >= 0.3 is 0 Å². The minimum atomic E-state index is 0.249. The quantitative estimate of drug-likeness (QED) is 0.883. The SMILES string of the molecule is CC(C)n1c(C2CCCC2N)nc2cccnc21. The summed E-state index contributed by atoms with van der Waals surface area (Å²) in [4.78, 5) is 9.27. The Hall–Kier alpha value is -1.42. The van der Waals surface area contributed by atoms with Crippen LogP contribution < -0.4 is 5.73 Å². The molecule has 3 rings (SSSR count). The molecule has 2 atom stereocenters.